The number of nitrogens with one attached hydrogen (secondary N) is 2. The molecule has 0 radical (unpaired) electrons. The van der Waals surface area contributed by atoms with Crippen molar-refractivity contribution in [1.82, 2.24) is 25.6 Å². The molecule has 1 heterocycles. The molecule has 4 aliphatic carbocycles. The first-order valence-electron chi connectivity index (χ1n) is 11.0. The van der Waals surface area contributed by atoms with Crippen molar-refractivity contribution in [2.75, 3.05) is 6.54 Å². The highest BCUT2D eigenvalue weighted by Crippen LogP contribution is 2.55. The van der Waals surface area contributed by atoms with Crippen molar-refractivity contribution in [2.24, 2.45) is 17.8 Å². The molecule has 164 valence electrons. The number of nitrogens with zero attached hydrogens (tertiary/aromatic N) is 3. The Kier molecular flexibility index (Phi) is 5.11. The molecule has 4 bridgehead atoms. The van der Waals surface area contributed by atoms with Crippen LogP contribution in [0.4, 0.5) is 4.79 Å². The summed E-state index contributed by atoms with van der Waals surface area (Å²) < 4.78 is 6.13. The number of carbonyl (C=O) groups excluding carboxylic acids is 2. The molecule has 4 fully saturated rings. The van der Waals surface area contributed by atoms with E-state index < -0.39 is 5.97 Å². The van der Waals surface area contributed by atoms with Gasteiger partial charge in [0.15, 0.2) is 6.73 Å². The highest BCUT2D eigenvalue weighted by Gasteiger charge is 2.51. The average Bonchev–Trinajstić information content (AvgIpc) is 2.72. The van der Waals surface area contributed by atoms with Gasteiger partial charge in [-0.15, -0.1) is 5.10 Å². The number of esters is 1. The summed E-state index contributed by atoms with van der Waals surface area (Å²) in [5.41, 5.74) is 0.0608. The molecule has 0 unspecified atom stereocenters. The van der Waals surface area contributed by atoms with Gasteiger partial charge >= 0.3 is 12.0 Å². The van der Waals surface area contributed by atoms with Gasteiger partial charge in [-0.2, -0.15) is 4.68 Å². The highest BCUT2D eigenvalue weighted by atomic mass is 16.5. The second-order valence-corrected chi connectivity index (χ2v) is 9.39. The van der Waals surface area contributed by atoms with E-state index in [0.29, 0.717) is 10.9 Å². The summed E-state index contributed by atoms with van der Waals surface area (Å²) in [6, 6.07) is 6.64. The van der Waals surface area contributed by atoms with Crippen LogP contribution in [0.15, 0.2) is 29.1 Å². The lowest BCUT2D eigenvalue weighted by molar-refractivity contribution is -0.147. The molecule has 2 N–H and O–H groups in total. The van der Waals surface area contributed by atoms with E-state index in [1.54, 1.807) is 24.3 Å². The van der Waals surface area contributed by atoms with Crippen LogP contribution in [0.5, 0.6) is 0 Å². The Hall–Kier alpha value is -2.97. The molecular formula is C22H27N5O4. The van der Waals surface area contributed by atoms with Crippen molar-refractivity contribution in [3.63, 3.8) is 0 Å². The molecule has 6 rings (SSSR count). The fourth-order valence-electron chi connectivity index (χ4n) is 6.14. The monoisotopic (exact) mass is 425 g/mol. The summed E-state index contributed by atoms with van der Waals surface area (Å²) >= 11 is 0. The van der Waals surface area contributed by atoms with Crippen LogP contribution >= 0.6 is 0 Å². The molecular weight excluding hydrogens is 398 g/mol. The molecule has 4 saturated carbocycles. The van der Waals surface area contributed by atoms with Crippen LogP contribution in [0.1, 0.15) is 44.9 Å². The number of benzene rings is 1. The van der Waals surface area contributed by atoms with Gasteiger partial charge in [-0.25, -0.2) is 4.79 Å². The average molecular weight is 425 g/mol. The Morgan fingerprint density at radius 3 is 2.48 bits per heavy atom. The second-order valence-electron chi connectivity index (χ2n) is 9.39. The standard InChI is InChI=1S/C22H27N5O4/c28-19(31-13-27-20(29)17-3-1-2-4-18(17)25-26-27)5-6-23-21(30)24-22-10-14-7-15(11-22)9-16(8-14)12-22/h1-4,14-16H,5-13H2,(H2,23,24,30). The van der Waals surface area contributed by atoms with Crippen LogP contribution < -0.4 is 16.2 Å². The Labute approximate surface area is 179 Å². The molecule has 9 nitrogen and oxygen atoms in total. The van der Waals surface area contributed by atoms with E-state index in [1.165, 1.54) is 19.3 Å². The number of fused-ring (bicyclic) bond motifs is 1. The number of rotatable bonds is 6. The molecule has 31 heavy (non-hydrogen) atoms. The molecule has 2 amide bonds. The number of aromatic nitrogens is 3. The SMILES string of the molecule is O=C(NCCC(=O)OCn1nnc2ccccc2c1=O)NC12CC3CC(CC(C3)C1)C2. The predicted octanol–water partition coefficient (Wildman–Crippen LogP) is 1.95. The number of hydrogen-bond acceptors (Lipinski definition) is 6. The first kappa shape index (κ1) is 20.0. The zero-order chi connectivity index (χ0) is 21.4. The molecule has 4 aliphatic rings. The molecule has 9 heteroatoms. The number of carbonyl (C=O) groups is 2. The van der Waals surface area contributed by atoms with Crippen LogP contribution in [0.2, 0.25) is 0 Å². The van der Waals surface area contributed by atoms with Crippen molar-refractivity contribution >= 4 is 22.9 Å². The Balaban J connectivity index is 1.07. The van der Waals surface area contributed by atoms with E-state index in [0.717, 1.165) is 41.7 Å². The second kappa shape index (κ2) is 7.94. The maximum atomic E-state index is 12.4. The first-order valence-corrected chi connectivity index (χ1v) is 11.0. The lowest BCUT2D eigenvalue weighted by atomic mass is 9.53. The van der Waals surface area contributed by atoms with Crippen LogP contribution in [0.25, 0.3) is 10.9 Å². The summed E-state index contributed by atoms with van der Waals surface area (Å²) in [4.78, 5) is 36.8. The summed E-state index contributed by atoms with van der Waals surface area (Å²) in [6.45, 7) is -0.135. The van der Waals surface area contributed by atoms with E-state index >= 15 is 0 Å². The summed E-state index contributed by atoms with van der Waals surface area (Å²) in [5.74, 6) is 1.74. The van der Waals surface area contributed by atoms with E-state index in [-0.39, 0.29) is 36.8 Å². The molecule has 1 aromatic carbocycles. The lowest BCUT2D eigenvalue weighted by Gasteiger charge is -2.56. The van der Waals surface area contributed by atoms with Gasteiger partial charge in [0, 0.05) is 12.1 Å². The van der Waals surface area contributed by atoms with Crippen molar-refractivity contribution in [3.8, 4) is 0 Å². The zero-order valence-corrected chi connectivity index (χ0v) is 17.4. The Bertz CT molecular complexity index is 1030. The predicted molar refractivity (Wildman–Crippen MR) is 112 cm³/mol. The normalized spacial score (nSPS) is 28.5. The minimum Gasteiger partial charge on any atom is -0.442 e. The number of amides is 2. The van der Waals surface area contributed by atoms with Gasteiger partial charge in [-0.05, 0) is 68.4 Å². The van der Waals surface area contributed by atoms with Gasteiger partial charge in [0.25, 0.3) is 5.56 Å². The van der Waals surface area contributed by atoms with Crippen molar-refractivity contribution in [3.05, 3.63) is 34.6 Å². The largest absolute Gasteiger partial charge is 0.442 e. The van der Waals surface area contributed by atoms with Gasteiger partial charge < -0.3 is 15.4 Å². The van der Waals surface area contributed by atoms with Gasteiger partial charge in [0.1, 0.15) is 5.52 Å². The molecule has 0 spiro atoms. The van der Waals surface area contributed by atoms with Gasteiger partial charge in [-0.3, -0.25) is 9.59 Å². The summed E-state index contributed by atoms with van der Waals surface area (Å²) in [6.07, 6.45) is 7.21. The van der Waals surface area contributed by atoms with Crippen LogP contribution in [0.3, 0.4) is 0 Å². The fraction of sp³-hybridized carbons (Fsp3) is 0.591. The van der Waals surface area contributed by atoms with E-state index in [1.807, 2.05) is 0 Å². The third-order valence-corrected chi connectivity index (χ3v) is 7.01. The fourth-order valence-corrected chi connectivity index (χ4v) is 6.14. The minimum absolute atomic E-state index is 0.0179. The Morgan fingerprint density at radius 2 is 1.77 bits per heavy atom. The van der Waals surface area contributed by atoms with Crippen molar-refractivity contribution in [1.29, 1.82) is 0 Å². The maximum absolute atomic E-state index is 12.4. The van der Waals surface area contributed by atoms with Crippen molar-refractivity contribution < 1.29 is 14.3 Å². The van der Waals surface area contributed by atoms with E-state index in [2.05, 4.69) is 20.9 Å². The minimum atomic E-state index is -0.517. The van der Waals surface area contributed by atoms with Gasteiger partial charge in [-0.1, -0.05) is 17.3 Å². The highest BCUT2D eigenvalue weighted by molar-refractivity contribution is 5.77. The third-order valence-electron chi connectivity index (χ3n) is 7.01. The number of urea groups is 1. The zero-order valence-electron chi connectivity index (χ0n) is 17.4. The topological polar surface area (TPSA) is 115 Å². The van der Waals surface area contributed by atoms with Crippen LogP contribution in [-0.2, 0) is 16.3 Å². The molecule has 0 atom stereocenters. The van der Waals surface area contributed by atoms with Crippen molar-refractivity contribution in [2.45, 2.75) is 57.2 Å². The maximum Gasteiger partial charge on any atom is 0.315 e. The molecule has 2 aromatic rings. The van der Waals surface area contributed by atoms with E-state index in [4.69, 9.17) is 4.74 Å². The summed E-state index contributed by atoms with van der Waals surface area (Å²) in [5, 5.41) is 14.1. The number of ether oxygens (including phenoxy) is 1. The smallest absolute Gasteiger partial charge is 0.315 e. The lowest BCUT2D eigenvalue weighted by Crippen LogP contribution is -2.61. The molecule has 0 saturated heterocycles. The van der Waals surface area contributed by atoms with Gasteiger partial charge in [0.05, 0.1) is 11.8 Å². The quantitative estimate of drug-likeness (QED) is 0.684. The third kappa shape index (κ3) is 4.13. The van der Waals surface area contributed by atoms with Crippen LogP contribution in [0, 0.1) is 17.8 Å². The molecule has 1 aromatic heterocycles. The number of hydrogen-bond donors (Lipinski definition) is 2. The Morgan fingerprint density at radius 1 is 1.10 bits per heavy atom. The van der Waals surface area contributed by atoms with Crippen LogP contribution in [-0.4, -0.2) is 39.1 Å². The summed E-state index contributed by atoms with van der Waals surface area (Å²) in [7, 11) is 0. The van der Waals surface area contributed by atoms with E-state index in [9.17, 15) is 14.4 Å². The first-order chi connectivity index (χ1) is 15.0. The molecule has 0 aliphatic heterocycles. The van der Waals surface area contributed by atoms with Gasteiger partial charge in [0.2, 0.25) is 0 Å².